The van der Waals surface area contributed by atoms with Gasteiger partial charge >= 0.3 is 0 Å². The molecule has 0 radical (unpaired) electrons. The molecule has 1 unspecified atom stereocenters. The number of rotatable bonds is 10. The molecule has 5 heteroatoms. The largest absolute Gasteiger partial charge is 0.494 e. The molecule has 0 bridgehead atoms. The second-order valence-electron chi connectivity index (χ2n) is 4.12. The summed E-state index contributed by atoms with van der Waals surface area (Å²) in [6.07, 6.45) is 0.814. The minimum absolute atomic E-state index is 0.0817. The number of hydrazine groups is 1. The van der Waals surface area contributed by atoms with Crippen molar-refractivity contribution in [1.29, 1.82) is 0 Å². The Morgan fingerprint density at radius 1 is 1.16 bits per heavy atom. The van der Waals surface area contributed by atoms with Crippen LogP contribution in [0.2, 0.25) is 0 Å². The SMILES string of the molecule is CCOc1ccc(C(CCOCCOC)NN)cc1. The Morgan fingerprint density at radius 3 is 2.47 bits per heavy atom. The molecule has 0 aliphatic rings. The highest BCUT2D eigenvalue weighted by Crippen LogP contribution is 2.19. The maximum Gasteiger partial charge on any atom is 0.119 e. The summed E-state index contributed by atoms with van der Waals surface area (Å²) in [6, 6.07) is 8.03. The average Bonchev–Trinajstić information content (AvgIpc) is 2.44. The van der Waals surface area contributed by atoms with Crippen LogP contribution in [0.3, 0.4) is 0 Å². The molecule has 0 fully saturated rings. The number of nitrogens with one attached hydrogen (secondary N) is 1. The average molecular weight is 268 g/mol. The van der Waals surface area contributed by atoms with Gasteiger partial charge in [-0.25, -0.2) is 0 Å². The van der Waals surface area contributed by atoms with Crippen molar-refractivity contribution >= 4 is 0 Å². The van der Waals surface area contributed by atoms with E-state index < -0.39 is 0 Å². The van der Waals surface area contributed by atoms with Crippen LogP contribution < -0.4 is 16.0 Å². The van der Waals surface area contributed by atoms with E-state index in [1.807, 2.05) is 31.2 Å². The van der Waals surface area contributed by atoms with Gasteiger partial charge < -0.3 is 14.2 Å². The highest BCUT2D eigenvalue weighted by molar-refractivity contribution is 5.29. The molecule has 19 heavy (non-hydrogen) atoms. The second-order valence-corrected chi connectivity index (χ2v) is 4.12. The molecule has 1 rings (SSSR count). The minimum Gasteiger partial charge on any atom is -0.494 e. The number of hydrogen-bond acceptors (Lipinski definition) is 5. The molecular weight excluding hydrogens is 244 g/mol. The van der Waals surface area contributed by atoms with Gasteiger partial charge in [-0.15, -0.1) is 0 Å². The Hall–Kier alpha value is -1.14. The molecule has 0 heterocycles. The van der Waals surface area contributed by atoms with Crippen molar-refractivity contribution in [2.75, 3.05) is 33.5 Å². The van der Waals surface area contributed by atoms with Crippen molar-refractivity contribution < 1.29 is 14.2 Å². The summed E-state index contributed by atoms with van der Waals surface area (Å²) in [7, 11) is 1.66. The second kappa shape index (κ2) is 9.75. The highest BCUT2D eigenvalue weighted by atomic mass is 16.5. The number of benzene rings is 1. The zero-order valence-corrected chi connectivity index (χ0v) is 11.7. The first-order chi connectivity index (χ1) is 9.31. The smallest absolute Gasteiger partial charge is 0.119 e. The van der Waals surface area contributed by atoms with Gasteiger partial charge in [0.15, 0.2) is 0 Å². The molecule has 1 atom stereocenters. The van der Waals surface area contributed by atoms with Crippen molar-refractivity contribution in [3.63, 3.8) is 0 Å². The Labute approximate surface area is 115 Å². The quantitative estimate of drug-likeness (QED) is 0.384. The Morgan fingerprint density at radius 2 is 1.89 bits per heavy atom. The fourth-order valence-corrected chi connectivity index (χ4v) is 1.75. The molecule has 3 N–H and O–H groups in total. The summed E-state index contributed by atoms with van der Waals surface area (Å²) < 4.78 is 15.8. The predicted molar refractivity (Wildman–Crippen MR) is 75.0 cm³/mol. The number of hydrogen-bond donors (Lipinski definition) is 2. The first-order valence-corrected chi connectivity index (χ1v) is 6.57. The molecule has 0 amide bonds. The van der Waals surface area contributed by atoms with E-state index in [2.05, 4.69) is 5.43 Å². The summed E-state index contributed by atoms with van der Waals surface area (Å²) >= 11 is 0. The van der Waals surface area contributed by atoms with Crippen LogP contribution in [0.4, 0.5) is 0 Å². The van der Waals surface area contributed by atoms with E-state index in [1.54, 1.807) is 7.11 Å². The van der Waals surface area contributed by atoms with E-state index in [1.165, 1.54) is 0 Å². The van der Waals surface area contributed by atoms with Crippen LogP contribution in [0.25, 0.3) is 0 Å². The number of nitrogens with two attached hydrogens (primary N) is 1. The molecule has 0 saturated carbocycles. The number of ether oxygens (including phenoxy) is 3. The third kappa shape index (κ3) is 6.02. The Kier molecular flexibility index (Phi) is 8.16. The fourth-order valence-electron chi connectivity index (χ4n) is 1.75. The van der Waals surface area contributed by atoms with Gasteiger partial charge in [0, 0.05) is 19.8 Å². The van der Waals surface area contributed by atoms with E-state index in [9.17, 15) is 0 Å². The normalized spacial score (nSPS) is 12.4. The van der Waals surface area contributed by atoms with E-state index >= 15 is 0 Å². The molecule has 5 nitrogen and oxygen atoms in total. The lowest BCUT2D eigenvalue weighted by atomic mass is 10.0. The van der Waals surface area contributed by atoms with Gasteiger partial charge in [0.05, 0.1) is 19.8 Å². The van der Waals surface area contributed by atoms with Gasteiger partial charge in [-0.3, -0.25) is 11.3 Å². The maximum absolute atomic E-state index is 5.58. The summed E-state index contributed by atoms with van der Waals surface area (Å²) in [4.78, 5) is 0. The third-order valence-corrected chi connectivity index (χ3v) is 2.78. The first-order valence-electron chi connectivity index (χ1n) is 6.57. The zero-order chi connectivity index (χ0) is 13.9. The third-order valence-electron chi connectivity index (χ3n) is 2.78. The zero-order valence-electron chi connectivity index (χ0n) is 11.7. The van der Waals surface area contributed by atoms with Crippen molar-refractivity contribution in [3.8, 4) is 5.75 Å². The molecule has 0 aliphatic carbocycles. The van der Waals surface area contributed by atoms with Crippen molar-refractivity contribution in [1.82, 2.24) is 5.43 Å². The topological polar surface area (TPSA) is 65.7 Å². The Bertz CT molecular complexity index is 330. The van der Waals surface area contributed by atoms with E-state index in [0.29, 0.717) is 26.4 Å². The van der Waals surface area contributed by atoms with Crippen LogP contribution in [-0.4, -0.2) is 33.5 Å². The molecule has 1 aromatic carbocycles. The van der Waals surface area contributed by atoms with Crippen LogP contribution >= 0.6 is 0 Å². The van der Waals surface area contributed by atoms with Crippen molar-refractivity contribution in [3.05, 3.63) is 29.8 Å². The van der Waals surface area contributed by atoms with E-state index in [4.69, 9.17) is 20.1 Å². The van der Waals surface area contributed by atoms with Crippen molar-refractivity contribution in [2.45, 2.75) is 19.4 Å². The van der Waals surface area contributed by atoms with Gasteiger partial charge in [-0.1, -0.05) is 12.1 Å². The predicted octanol–water partition coefficient (Wildman–Crippen LogP) is 1.64. The van der Waals surface area contributed by atoms with Crippen LogP contribution in [0, 0.1) is 0 Å². The highest BCUT2D eigenvalue weighted by Gasteiger charge is 2.09. The summed E-state index contributed by atoms with van der Waals surface area (Å²) in [5.41, 5.74) is 3.93. The van der Waals surface area contributed by atoms with E-state index in [-0.39, 0.29) is 6.04 Å². The summed E-state index contributed by atoms with van der Waals surface area (Å²) in [6.45, 7) is 4.51. The van der Waals surface area contributed by atoms with Gasteiger partial charge in [-0.05, 0) is 31.0 Å². The fraction of sp³-hybridized carbons (Fsp3) is 0.571. The molecular formula is C14H24N2O3. The van der Waals surface area contributed by atoms with Crippen LogP contribution in [0.1, 0.15) is 24.9 Å². The molecule has 108 valence electrons. The number of methoxy groups -OCH3 is 1. The standard InChI is InChI=1S/C14H24N2O3/c1-3-19-13-6-4-12(5-7-13)14(16-15)8-9-18-11-10-17-2/h4-7,14,16H,3,8-11,15H2,1-2H3. The Balaban J connectivity index is 2.40. The van der Waals surface area contributed by atoms with Crippen LogP contribution in [-0.2, 0) is 9.47 Å². The molecule has 1 aromatic rings. The minimum atomic E-state index is 0.0817. The van der Waals surface area contributed by atoms with Crippen molar-refractivity contribution in [2.24, 2.45) is 5.84 Å². The lowest BCUT2D eigenvalue weighted by Gasteiger charge is -2.16. The van der Waals surface area contributed by atoms with Gasteiger partial charge in [-0.2, -0.15) is 0 Å². The van der Waals surface area contributed by atoms with Crippen LogP contribution in [0.15, 0.2) is 24.3 Å². The first kappa shape index (κ1) is 15.9. The monoisotopic (exact) mass is 268 g/mol. The van der Waals surface area contributed by atoms with E-state index in [0.717, 1.165) is 17.7 Å². The lowest BCUT2D eigenvalue weighted by molar-refractivity contribution is 0.0657. The van der Waals surface area contributed by atoms with Gasteiger partial charge in [0.1, 0.15) is 5.75 Å². The maximum atomic E-state index is 5.58. The lowest BCUT2D eigenvalue weighted by Crippen LogP contribution is -2.29. The van der Waals surface area contributed by atoms with Gasteiger partial charge in [0.25, 0.3) is 0 Å². The van der Waals surface area contributed by atoms with Crippen LogP contribution in [0.5, 0.6) is 5.75 Å². The molecule has 0 aliphatic heterocycles. The molecule has 0 saturated heterocycles. The molecule has 0 aromatic heterocycles. The summed E-state index contributed by atoms with van der Waals surface area (Å²) in [5.74, 6) is 6.45. The summed E-state index contributed by atoms with van der Waals surface area (Å²) in [5, 5.41) is 0. The van der Waals surface area contributed by atoms with Gasteiger partial charge in [0.2, 0.25) is 0 Å². The molecule has 0 spiro atoms.